The van der Waals surface area contributed by atoms with Crippen LogP contribution in [0.2, 0.25) is 10.0 Å². The molecule has 24 heavy (non-hydrogen) atoms. The van der Waals surface area contributed by atoms with Crippen LogP contribution in [0.3, 0.4) is 0 Å². The highest BCUT2D eigenvalue weighted by Crippen LogP contribution is 2.34. The van der Waals surface area contributed by atoms with Gasteiger partial charge in [-0.05, 0) is 25.5 Å². The number of hydrogen-bond acceptors (Lipinski definition) is 6. The molecule has 0 aliphatic heterocycles. The van der Waals surface area contributed by atoms with Gasteiger partial charge in [0.2, 0.25) is 0 Å². The number of benzene rings is 1. The second-order valence-electron chi connectivity index (χ2n) is 4.78. The monoisotopic (exact) mass is 373 g/mol. The molecule has 1 rings (SSSR count). The van der Waals surface area contributed by atoms with E-state index >= 15 is 0 Å². The number of ketones is 1. The van der Waals surface area contributed by atoms with Crippen LogP contribution in [-0.2, 0) is 19.1 Å². The summed E-state index contributed by atoms with van der Waals surface area (Å²) < 4.78 is 9.56. The molecule has 0 N–H and O–H groups in total. The van der Waals surface area contributed by atoms with Gasteiger partial charge in [0.05, 0.1) is 35.0 Å². The number of esters is 2. The van der Waals surface area contributed by atoms with E-state index in [0.717, 1.165) is 6.21 Å². The standard InChI is InChI=1S/C16H17Cl2NO5/c1-4-7-24-15(21)10(9(2)20)8-19-12-6-5-11(17)13(14(12)18)16(22)23-3/h5-6,8,10H,4,7H2,1-3H3. The Labute approximate surface area is 149 Å². The van der Waals surface area contributed by atoms with Crippen LogP contribution in [0, 0.1) is 5.92 Å². The van der Waals surface area contributed by atoms with Crippen LogP contribution < -0.4 is 0 Å². The number of hydrogen-bond donors (Lipinski definition) is 0. The first-order valence-electron chi connectivity index (χ1n) is 7.11. The minimum absolute atomic E-state index is 0.0326. The zero-order chi connectivity index (χ0) is 18.3. The van der Waals surface area contributed by atoms with Crippen molar-refractivity contribution < 1.29 is 23.9 Å². The van der Waals surface area contributed by atoms with E-state index in [9.17, 15) is 14.4 Å². The Bertz CT molecular complexity index is 673. The number of halogens is 2. The number of carbonyl (C=O) groups is 3. The molecule has 0 saturated carbocycles. The zero-order valence-electron chi connectivity index (χ0n) is 13.5. The average Bonchev–Trinajstić information content (AvgIpc) is 2.54. The van der Waals surface area contributed by atoms with Crippen LogP contribution in [0.4, 0.5) is 5.69 Å². The Balaban J connectivity index is 3.13. The van der Waals surface area contributed by atoms with Gasteiger partial charge in [0, 0.05) is 6.21 Å². The molecule has 1 unspecified atom stereocenters. The predicted molar refractivity (Wildman–Crippen MR) is 91.4 cm³/mol. The minimum Gasteiger partial charge on any atom is -0.465 e. The molecule has 0 amide bonds. The summed E-state index contributed by atoms with van der Waals surface area (Å²) in [4.78, 5) is 39.2. The molecule has 0 aromatic heterocycles. The van der Waals surface area contributed by atoms with Crippen LogP contribution in [0.5, 0.6) is 0 Å². The molecule has 1 aromatic rings. The van der Waals surface area contributed by atoms with Crippen molar-refractivity contribution in [2.45, 2.75) is 20.3 Å². The lowest BCUT2D eigenvalue weighted by atomic mass is 10.1. The Hall–Kier alpha value is -1.92. The summed E-state index contributed by atoms with van der Waals surface area (Å²) in [6, 6.07) is 2.88. The van der Waals surface area contributed by atoms with Gasteiger partial charge in [0.1, 0.15) is 5.78 Å². The van der Waals surface area contributed by atoms with E-state index in [1.54, 1.807) is 0 Å². The second kappa shape index (κ2) is 9.39. The summed E-state index contributed by atoms with van der Waals surface area (Å²) in [5, 5.41) is 0.0751. The fourth-order valence-corrected chi connectivity index (χ4v) is 2.28. The Kier molecular flexibility index (Phi) is 7.88. The summed E-state index contributed by atoms with van der Waals surface area (Å²) in [5.41, 5.74) is 0.138. The largest absolute Gasteiger partial charge is 0.465 e. The van der Waals surface area contributed by atoms with Gasteiger partial charge in [-0.2, -0.15) is 0 Å². The molecule has 8 heteroatoms. The Morgan fingerprint density at radius 3 is 2.50 bits per heavy atom. The van der Waals surface area contributed by atoms with Gasteiger partial charge in [-0.3, -0.25) is 14.6 Å². The maximum atomic E-state index is 11.9. The summed E-state index contributed by atoms with van der Waals surface area (Å²) in [6.45, 7) is 3.31. The molecule has 0 radical (unpaired) electrons. The van der Waals surface area contributed by atoms with Gasteiger partial charge in [-0.1, -0.05) is 30.1 Å². The van der Waals surface area contributed by atoms with E-state index in [1.807, 2.05) is 6.92 Å². The summed E-state index contributed by atoms with van der Waals surface area (Å²) >= 11 is 12.0. The minimum atomic E-state index is -1.15. The zero-order valence-corrected chi connectivity index (χ0v) is 15.0. The van der Waals surface area contributed by atoms with E-state index in [4.69, 9.17) is 27.9 Å². The fraction of sp³-hybridized carbons (Fsp3) is 0.375. The number of carbonyl (C=O) groups excluding carboxylic acids is 3. The lowest BCUT2D eigenvalue weighted by Crippen LogP contribution is -2.25. The Morgan fingerprint density at radius 2 is 1.96 bits per heavy atom. The van der Waals surface area contributed by atoms with Crippen molar-refractivity contribution in [3.8, 4) is 0 Å². The van der Waals surface area contributed by atoms with Gasteiger partial charge in [-0.25, -0.2) is 4.79 Å². The molecular formula is C16H17Cl2NO5. The van der Waals surface area contributed by atoms with Crippen molar-refractivity contribution in [3.63, 3.8) is 0 Å². The number of Topliss-reactive ketones (excluding diaryl/α,β-unsaturated/α-hetero) is 1. The van der Waals surface area contributed by atoms with Crippen molar-refractivity contribution in [1.29, 1.82) is 0 Å². The molecule has 1 atom stereocenters. The number of rotatable bonds is 7. The van der Waals surface area contributed by atoms with Crippen molar-refractivity contribution in [3.05, 3.63) is 27.7 Å². The van der Waals surface area contributed by atoms with Gasteiger partial charge >= 0.3 is 11.9 Å². The van der Waals surface area contributed by atoms with E-state index in [1.165, 1.54) is 26.2 Å². The van der Waals surface area contributed by atoms with Crippen molar-refractivity contribution >= 4 is 52.8 Å². The topological polar surface area (TPSA) is 82.0 Å². The normalized spacial score (nSPS) is 12.0. The first-order chi connectivity index (χ1) is 11.3. The van der Waals surface area contributed by atoms with Crippen LogP contribution in [-0.4, -0.2) is 37.7 Å². The lowest BCUT2D eigenvalue weighted by Gasteiger charge is -2.10. The SMILES string of the molecule is CCCOC(=O)C(C=Nc1ccc(Cl)c(C(=O)OC)c1Cl)C(C)=O. The third kappa shape index (κ3) is 5.04. The van der Waals surface area contributed by atoms with Gasteiger partial charge < -0.3 is 9.47 Å². The molecule has 0 aliphatic rings. The van der Waals surface area contributed by atoms with Crippen molar-refractivity contribution in [1.82, 2.24) is 0 Å². The van der Waals surface area contributed by atoms with E-state index in [2.05, 4.69) is 9.73 Å². The van der Waals surface area contributed by atoms with Crippen LogP contribution in [0.1, 0.15) is 30.6 Å². The van der Waals surface area contributed by atoms with Crippen molar-refractivity contribution in [2.24, 2.45) is 10.9 Å². The van der Waals surface area contributed by atoms with Crippen LogP contribution in [0.15, 0.2) is 17.1 Å². The van der Waals surface area contributed by atoms with E-state index in [-0.39, 0.29) is 27.9 Å². The lowest BCUT2D eigenvalue weighted by molar-refractivity contribution is -0.148. The molecule has 0 spiro atoms. The molecule has 6 nitrogen and oxygen atoms in total. The maximum Gasteiger partial charge on any atom is 0.340 e. The molecule has 0 bridgehead atoms. The van der Waals surface area contributed by atoms with Crippen LogP contribution >= 0.6 is 23.2 Å². The third-order valence-electron chi connectivity index (χ3n) is 2.96. The fourth-order valence-electron chi connectivity index (χ4n) is 1.71. The summed E-state index contributed by atoms with van der Waals surface area (Å²) in [5.74, 6) is -2.97. The van der Waals surface area contributed by atoms with Crippen molar-refractivity contribution in [2.75, 3.05) is 13.7 Å². The molecule has 0 saturated heterocycles. The number of ether oxygens (including phenoxy) is 2. The van der Waals surface area contributed by atoms with E-state index in [0.29, 0.717) is 6.42 Å². The Morgan fingerprint density at radius 1 is 1.29 bits per heavy atom. The second-order valence-corrected chi connectivity index (χ2v) is 5.57. The highest BCUT2D eigenvalue weighted by Gasteiger charge is 2.23. The number of methoxy groups -OCH3 is 1. The summed E-state index contributed by atoms with van der Waals surface area (Å²) in [6.07, 6.45) is 1.77. The van der Waals surface area contributed by atoms with Gasteiger partial charge in [-0.15, -0.1) is 0 Å². The van der Waals surface area contributed by atoms with Crippen LogP contribution in [0.25, 0.3) is 0 Å². The highest BCUT2D eigenvalue weighted by molar-refractivity contribution is 6.41. The molecule has 0 aliphatic carbocycles. The predicted octanol–water partition coefficient (Wildman–Crippen LogP) is 3.64. The number of aliphatic imine (C=N–C) groups is 1. The smallest absolute Gasteiger partial charge is 0.340 e. The summed E-state index contributed by atoms with van der Waals surface area (Å²) in [7, 11) is 1.19. The first-order valence-corrected chi connectivity index (χ1v) is 7.86. The van der Waals surface area contributed by atoms with Gasteiger partial charge in [0.25, 0.3) is 0 Å². The first kappa shape index (κ1) is 20.1. The molecule has 0 heterocycles. The molecule has 130 valence electrons. The maximum absolute atomic E-state index is 11.9. The van der Waals surface area contributed by atoms with E-state index < -0.39 is 23.6 Å². The molecular weight excluding hydrogens is 357 g/mol. The molecule has 0 fully saturated rings. The number of nitrogens with zero attached hydrogens (tertiary/aromatic N) is 1. The molecule has 1 aromatic carbocycles. The quantitative estimate of drug-likeness (QED) is 0.413. The van der Waals surface area contributed by atoms with Gasteiger partial charge in [0.15, 0.2) is 5.92 Å². The average molecular weight is 374 g/mol. The highest BCUT2D eigenvalue weighted by atomic mass is 35.5. The third-order valence-corrected chi connectivity index (χ3v) is 3.66.